The van der Waals surface area contributed by atoms with Gasteiger partial charge in [-0.1, -0.05) is 26.0 Å². The third-order valence-electron chi connectivity index (χ3n) is 3.41. The van der Waals surface area contributed by atoms with Gasteiger partial charge < -0.3 is 0 Å². The average molecular weight is 229 g/mol. The van der Waals surface area contributed by atoms with Crippen LogP contribution in [0.1, 0.15) is 40.9 Å². The zero-order valence-corrected chi connectivity index (χ0v) is 11.2. The predicted molar refractivity (Wildman–Crippen MR) is 68.9 cm³/mol. The molecule has 0 N–H and O–H groups in total. The van der Waals surface area contributed by atoms with E-state index < -0.39 is 5.92 Å². The predicted octanol–water partition coefficient (Wildman–Crippen LogP) is 3.59. The van der Waals surface area contributed by atoms with Crippen LogP contribution < -0.4 is 0 Å². The number of carbonyl (C=O) groups excluding carboxylic acids is 1. The quantitative estimate of drug-likeness (QED) is 0.743. The van der Waals surface area contributed by atoms with Gasteiger partial charge in [0.1, 0.15) is 5.92 Å². The molecule has 1 atom stereocenters. The molecule has 0 aromatic heterocycles. The van der Waals surface area contributed by atoms with Crippen LogP contribution in [0.25, 0.3) is 0 Å². The van der Waals surface area contributed by atoms with Crippen molar-refractivity contribution in [1.82, 2.24) is 0 Å². The third-order valence-corrected chi connectivity index (χ3v) is 3.41. The molecule has 1 unspecified atom stereocenters. The Hall–Kier alpha value is -1.62. The summed E-state index contributed by atoms with van der Waals surface area (Å²) in [4.78, 5) is 12.3. The maximum atomic E-state index is 12.3. The fourth-order valence-corrected chi connectivity index (χ4v) is 1.90. The van der Waals surface area contributed by atoms with Crippen molar-refractivity contribution in [2.24, 2.45) is 11.8 Å². The maximum absolute atomic E-state index is 12.3. The van der Waals surface area contributed by atoms with Crippen molar-refractivity contribution >= 4 is 5.78 Å². The van der Waals surface area contributed by atoms with Crippen molar-refractivity contribution in [1.29, 1.82) is 5.26 Å². The SMILES string of the molecule is Cc1ccc(C(=O)C(C#N)C(C)C)c(C)c1C. The molecule has 2 heteroatoms. The van der Waals surface area contributed by atoms with E-state index in [-0.39, 0.29) is 11.7 Å². The summed E-state index contributed by atoms with van der Waals surface area (Å²) in [6.45, 7) is 9.80. The normalized spacial score (nSPS) is 12.3. The molecule has 0 amide bonds. The highest BCUT2D eigenvalue weighted by Gasteiger charge is 2.24. The summed E-state index contributed by atoms with van der Waals surface area (Å²) in [7, 11) is 0. The summed E-state index contributed by atoms with van der Waals surface area (Å²) >= 11 is 0. The molecule has 0 fully saturated rings. The Morgan fingerprint density at radius 1 is 1.18 bits per heavy atom. The largest absolute Gasteiger partial charge is 0.293 e. The van der Waals surface area contributed by atoms with Crippen LogP contribution in [0.15, 0.2) is 12.1 Å². The summed E-state index contributed by atoms with van der Waals surface area (Å²) in [5.74, 6) is -0.549. The lowest BCUT2D eigenvalue weighted by atomic mass is 9.86. The van der Waals surface area contributed by atoms with Crippen molar-refractivity contribution in [3.05, 3.63) is 34.4 Å². The topological polar surface area (TPSA) is 40.9 Å². The van der Waals surface area contributed by atoms with E-state index in [0.717, 1.165) is 11.1 Å². The molecule has 17 heavy (non-hydrogen) atoms. The average Bonchev–Trinajstić information content (AvgIpc) is 2.26. The van der Waals surface area contributed by atoms with Gasteiger partial charge in [-0.05, 0) is 43.4 Å². The number of nitrogens with zero attached hydrogens (tertiary/aromatic N) is 1. The number of hydrogen-bond acceptors (Lipinski definition) is 2. The first kappa shape index (κ1) is 13.4. The molecule has 90 valence electrons. The Kier molecular flexibility index (Phi) is 4.07. The number of benzene rings is 1. The molecule has 0 saturated carbocycles. The Morgan fingerprint density at radius 3 is 2.24 bits per heavy atom. The molecule has 1 aromatic carbocycles. The highest BCUT2D eigenvalue weighted by molar-refractivity contribution is 6.01. The zero-order chi connectivity index (χ0) is 13.2. The van der Waals surface area contributed by atoms with Gasteiger partial charge in [-0.15, -0.1) is 0 Å². The Bertz CT molecular complexity index is 480. The van der Waals surface area contributed by atoms with Gasteiger partial charge >= 0.3 is 0 Å². The van der Waals surface area contributed by atoms with Crippen molar-refractivity contribution in [2.45, 2.75) is 34.6 Å². The van der Waals surface area contributed by atoms with Crippen LogP contribution in [0.4, 0.5) is 0 Å². The van der Waals surface area contributed by atoms with Gasteiger partial charge in [0.25, 0.3) is 0 Å². The summed E-state index contributed by atoms with van der Waals surface area (Å²) in [6, 6.07) is 5.90. The molecule has 1 rings (SSSR count). The molecule has 0 aliphatic rings. The highest BCUT2D eigenvalue weighted by atomic mass is 16.1. The summed E-state index contributed by atoms with van der Waals surface area (Å²) in [5, 5.41) is 9.07. The molecule has 0 heterocycles. The molecule has 0 radical (unpaired) electrons. The third kappa shape index (κ3) is 2.55. The Morgan fingerprint density at radius 2 is 1.76 bits per heavy atom. The van der Waals surface area contributed by atoms with Crippen molar-refractivity contribution in [2.75, 3.05) is 0 Å². The smallest absolute Gasteiger partial charge is 0.180 e. The lowest BCUT2D eigenvalue weighted by Gasteiger charge is -2.15. The van der Waals surface area contributed by atoms with Crippen LogP contribution in [0.3, 0.4) is 0 Å². The van der Waals surface area contributed by atoms with E-state index in [2.05, 4.69) is 6.07 Å². The van der Waals surface area contributed by atoms with Gasteiger partial charge in [0.15, 0.2) is 5.78 Å². The lowest BCUT2D eigenvalue weighted by Crippen LogP contribution is -2.20. The number of rotatable bonds is 3. The Labute approximate surface area is 103 Å². The fraction of sp³-hybridized carbons (Fsp3) is 0.467. The van der Waals surface area contributed by atoms with Gasteiger partial charge in [-0.3, -0.25) is 4.79 Å². The van der Waals surface area contributed by atoms with Gasteiger partial charge in [-0.25, -0.2) is 0 Å². The van der Waals surface area contributed by atoms with E-state index in [9.17, 15) is 4.79 Å². The number of ketones is 1. The Balaban J connectivity index is 3.23. The molecular weight excluding hydrogens is 210 g/mol. The highest BCUT2D eigenvalue weighted by Crippen LogP contribution is 2.23. The first-order valence-electron chi connectivity index (χ1n) is 5.90. The van der Waals surface area contributed by atoms with Gasteiger partial charge in [-0.2, -0.15) is 5.26 Å². The first-order valence-corrected chi connectivity index (χ1v) is 5.90. The summed E-state index contributed by atoms with van der Waals surface area (Å²) < 4.78 is 0. The number of hydrogen-bond donors (Lipinski definition) is 0. The maximum Gasteiger partial charge on any atom is 0.180 e. The molecule has 0 aliphatic carbocycles. The standard InChI is InChI=1S/C15H19NO/c1-9(2)14(8-16)15(17)13-7-6-10(3)11(4)12(13)5/h6-7,9,14H,1-5H3. The van der Waals surface area contributed by atoms with E-state index in [1.807, 2.05) is 46.8 Å². The molecule has 0 aliphatic heterocycles. The minimum absolute atomic E-state index is 0.0495. The minimum Gasteiger partial charge on any atom is -0.293 e. The van der Waals surface area contributed by atoms with E-state index in [0.29, 0.717) is 5.56 Å². The molecule has 2 nitrogen and oxygen atoms in total. The molecule has 0 bridgehead atoms. The molecular formula is C15H19NO. The van der Waals surface area contributed by atoms with Crippen molar-refractivity contribution < 1.29 is 4.79 Å². The summed E-state index contributed by atoms with van der Waals surface area (Å²) in [6.07, 6.45) is 0. The van der Waals surface area contributed by atoms with Crippen molar-refractivity contribution in [3.63, 3.8) is 0 Å². The fourth-order valence-electron chi connectivity index (χ4n) is 1.90. The number of Topliss-reactive ketones (excluding diaryl/α,β-unsaturated/α-hetero) is 1. The van der Waals surface area contributed by atoms with Crippen LogP contribution in [0.2, 0.25) is 0 Å². The number of aryl methyl sites for hydroxylation is 1. The molecule has 0 spiro atoms. The second kappa shape index (κ2) is 5.14. The van der Waals surface area contributed by atoms with Crippen LogP contribution in [-0.4, -0.2) is 5.78 Å². The summed E-state index contributed by atoms with van der Waals surface area (Å²) in [5.41, 5.74) is 4.00. The van der Waals surface area contributed by atoms with Gasteiger partial charge in [0.05, 0.1) is 6.07 Å². The van der Waals surface area contributed by atoms with Crippen LogP contribution >= 0.6 is 0 Å². The van der Waals surface area contributed by atoms with Crippen LogP contribution in [0.5, 0.6) is 0 Å². The first-order chi connectivity index (χ1) is 7.90. The second-order valence-electron chi connectivity index (χ2n) is 4.90. The monoisotopic (exact) mass is 229 g/mol. The molecule has 1 aromatic rings. The van der Waals surface area contributed by atoms with E-state index in [1.54, 1.807) is 0 Å². The number of carbonyl (C=O) groups is 1. The van der Waals surface area contributed by atoms with E-state index >= 15 is 0 Å². The zero-order valence-electron chi connectivity index (χ0n) is 11.2. The second-order valence-corrected chi connectivity index (χ2v) is 4.90. The van der Waals surface area contributed by atoms with E-state index in [4.69, 9.17) is 5.26 Å². The number of nitriles is 1. The lowest BCUT2D eigenvalue weighted by molar-refractivity contribution is 0.0923. The van der Waals surface area contributed by atoms with Gasteiger partial charge in [0, 0.05) is 5.56 Å². The van der Waals surface area contributed by atoms with Gasteiger partial charge in [0.2, 0.25) is 0 Å². The van der Waals surface area contributed by atoms with Crippen LogP contribution in [0, 0.1) is 43.9 Å². The minimum atomic E-state index is -0.546. The van der Waals surface area contributed by atoms with Crippen molar-refractivity contribution in [3.8, 4) is 6.07 Å². The van der Waals surface area contributed by atoms with Crippen LogP contribution in [-0.2, 0) is 0 Å². The molecule has 0 saturated heterocycles. The van der Waals surface area contributed by atoms with E-state index in [1.165, 1.54) is 5.56 Å².